The molecule has 3 aliphatic rings. The smallest absolute Gasteiger partial charge is 0.415 e. The first-order chi connectivity index (χ1) is 17.6. The van der Waals surface area contributed by atoms with Crippen molar-refractivity contribution in [2.75, 3.05) is 32.9 Å². The van der Waals surface area contributed by atoms with Gasteiger partial charge < -0.3 is 28.8 Å². The quantitative estimate of drug-likeness (QED) is 0.534. The lowest BCUT2D eigenvalue weighted by Crippen LogP contribution is -2.37. The Morgan fingerprint density at radius 2 is 1.89 bits per heavy atom. The number of amides is 1. The molecule has 0 radical (unpaired) electrons. The Bertz CT molecular complexity index is 1230. The zero-order valence-electron chi connectivity index (χ0n) is 20.0. The number of ether oxygens (including phenoxy) is 4. The number of fused-ring (bicyclic) bond motifs is 2. The van der Waals surface area contributed by atoms with Gasteiger partial charge in [-0.05, 0) is 62.4 Å². The molecule has 0 saturated carbocycles. The van der Waals surface area contributed by atoms with Gasteiger partial charge in [-0.25, -0.2) is 9.78 Å². The van der Waals surface area contributed by atoms with Crippen LogP contribution in [-0.4, -0.2) is 71.1 Å². The standard InChI is InChI=1S/C26H29ClN4O5/c27-19-14-20-24(30-25(28-20)36-22-15-34-21-9-13-33-12-8-18(21)22)29-23(19)16-4-6-17(7-5-16)35-26(32)31-10-2-1-3-11-31/h4-7,14,18,21-22H,1-3,8-13,15H2,(H,28,29,30)/t18-,21-,22?/m1/s1. The Kier molecular flexibility index (Phi) is 6.69. The first-order valence-electron chi connectivity index (χ1n) is 12.6. The molecule has 0 aliphatic carbocycles. The van der Waals surface area contributed by atoms with Crippen LogP contribution in [0.4, 0.5) is 4.79 Å². The summed E-state index contributed by atoms with van der Waals surface area (Å²) >= 11 is 6.58. The van der Waals surface area contributed by atoms with E-state index in [0.29, 0.717) is 40.2 Å². The van der Waals surface area contributed by atoms with Gasteiger partial charge in [-0.1, -0.05) is 11.6 Å². The fourth-order valence-corrected chi connectivity index (χ4v) is 5.50. The summed E-state index contributed by atoms with van der Waals surface area (Å²) in [5.74, 6) is 0.776. The maximum absolute atomic E-state index is 12.4. The van der Waals surface area contributed by atoms with Gasteiger partial charge >= 0.3 is 6.09 Å². The van der Waals surface area contributed by atoms with Crippen molar-refractivity contribution in [3.8, 4) is 23.0 Å². The number of aromatic nitrogens is 3. The van der Waals surface area contributed by atoms with Crippen LogP contribution in [-0.2, 0) is 9.47 Å². The lowest BCUT2D eigenvalue weighted by molar-refractivity contribution is 0.0655. The number of imidazole rings is 1. The minimum Gasteiger partial charge on any atom is -0.459 e. The number of rotatable bonds is 4. The monoisotopic (exact) mass is 512 g/mol. The van der Waals surface area contributed by atoms with E-state index in [2.05, 4.69) is 15.0 Å². The molecule has 1 aromatic carbocycles. The number of carbonyl (C=O) groups excluding carboxylic acids is 1. The number of hydrogen-bond donors (Lipinski definition) is 1. The van der Waals surface area contributed by atoms with Crippen molar-refractivity contribution in [1.82, 2.24) is 19.9 Å². The minimum atomic E-state index is -0.306. The second-order valence-corrected chi connectivity index (χ2v) is 9.96. The van der Waals surface area contributed by atoms with E-state index in [9.17, 15) is 4.79 Å². The zero-order valence-corrected chi connectivity index (χ0v) is 20.7. The molecule has 190 valence electrons. The van der Waals surface area contributed by atoms with Crippen LogP contribution in [0.15, 0.2) is 30.3 Å². The average Bonchev–Trinajstić information content (AvgIpc) is 3.38. The van der Waals surface area contributed by atoms with E-state index in [1.54, 1.807) is 23.1 Å². The van der Waals surface area contributed by atoms with E-state index in [1.165, 1.54) is 0 Å². The van der Waals surface area contributed by atoms with Gasteiger partial charge in [0.25, 0.3) is 6.01 Å². The molecule has 3 aromatic rings. The molecule has 10 heteroatoms. The van der Waals surface area contributed by atoms with E-state index in [0.717, 1.165) is 64.0 Å². The maximum atomic E-state index is 12.4. The molecule has 9 nitrogen and oxygen atoms in total. The number of pyridine rings is 1. The van der Waals surface area contributed by atoms with Crippen LogP contribution < -0.4 is 9.47 Å². The summed E-state index contributed by atoms with van der Waals surface area (Å²) in [7, 11) is 0. The Morgan fingerprint density at radius 1 is 1.08 bits per heavy atom. The van der Waals surface area contributed by atoms with Crippen LogP contribution in [0.1, 0.15) is 32.1 Å². The number of nitrogens with one attached hydrogen (secondary N) is 1. The lowest BCUT2D eigenvalue weighted by atomic mass is 9.94. The first kappa shape index (κ1) is 23.5. The van der Waals surface area contributed by atoms with Crippen molar-refractivity contribution in [2.24, 2.45) is 5.92 Å². The van der Waals surface area contributed by atoms with Crippen molar-refractivity contribution < 1.29 is 23.7 Å². The van der Waals surface area contributed by atoms with Gasteiger partial charge in [0.15, 0.2) is 5.65 Å². The highest BCUT2D eigenvalue weighted by Gasteiger charge is 2.40. The summed E-state index contributed by atoms with van der Waals surface area (Å²) in [5, 5.41) is 0.487. The highest BCUT2D eigenvalue weighted by Crippen LogP contribution is 2.34. The predicted molar refractivity (Wildman–Crippen MR) is 133 cm³/mol. The van der Waals surface area contributed by atoms with Crippen molar-refractivity contribution >= 4 is 28.9 Å². The van der Waals surface area contributed by atoms with Crippen molar-refractivity contribution in [3.63, 3.8) is 0 Å². The SMILES string of the molecule is O=C(Oc1ccc(-c2nc3nc(OC4CO[C@@H]5CCOCC[C@@H]45)[nH]c3cc2Cl)cc1)N1CCCCC1. The number of aromatic amines is 1. The third kappa shape index (κ3) is 4.87. The summed E-state index contributed by atoms with van der Waals surface area (Å²) < 4.78 is 23.3. The zero-order chi connectivity index (χ0) is 24.5. The molecule has 3 fully saturated rings. The summed E-state index contributed by atoms with van der Waals surface area (Å²) in [6.07, 6.45) is 4.78. The number of benzene rings is 1. The number of nitrogens with zero attached hydrogens (tertiary/aromatic N) is 3. The molecule has 1 amide bonds. The average molecular weight is 513 g/mol. The van der Waals surface area contributed by atoms with Gasteiger partial charge in [-0.15, -0.1) is 0 Å². The van der Waals surface area contributed by atoms with Crippen LogP contribution in [0, 0.1) is 5.92 Å². The van der Waals surface area contributed by atoms with E-state index >= 15 is 0 Å². The van der Waals surface area contributed by atoms with Crippen LogP contribution in [0.25, 0.3) is 22.4 Å². The van der Waals surface area contributed by atoms with Crippen molar-refractivity contribution in [1.29, 1.82) is 0 Å². The normalized spacial score (nSPS) is 24.4. The number of halogens is 1. The van der Waals surface area contributed by atoms with E-state index < -0.39 is 0 Å². The second-order valence-electron chi connectivity index (χ2n) is 9.55. The Hall–Kier alpha value is -2.88. The molecule has 0 bridgehead atoms. The van der Waals surface area contributed by atoms with Crippen LogP contribution in [0.5, 0.6) is 11.8 Å². The Labute approximate surface area is 214 Å². The summed E-state index contributed by atoms with van der Waals surface area (Å²) in [5.41, 5.74) is 2.62. The fourth-order valence-electron chi connectivity index (χ4n) is 5.24. The number of piperidine rings is 1. The molecular weight excluding hydrogens is 484 g/mol. The number of likely N-dealkylation sites (tertiary alicyclic amines) is 1. The predicted octanol–water partition coefficient (Wildman–Crippen LogP) is 4.84. The fraction of sp³-hybridized carbons (Fsp3) is 0.500. The highest BCUT2D eigenvalue weighted by atomic mass is 35.5. The van der Waals surface area contributed by atoms with E-state index in [4.69, 9.17) is 30.5 Å². The van der Waals surface area contributed by atoms with Crippen LogP contribution in [0.2, 0.25) is 5.02 Å². The third-order valence-corrected chi connectivity index (χ3v) is 7.48. The second kappa shape index (κ2) is 10.2. The summed E-state index contributed by atoms with van der Waals surface area (Å²) in [6.45, 7) is 3.48. The molecule has 3 aliphatic heterocycles. The molecule has 2 aromatic heterocycles. The van der Waals surface area contributed by atoms with E-state index in [1.807, 2.05) is 12.1 Å². The molecule has 5 heterocycles. The molecule has 6 rings (SSSR count). The topological polar surface area (TPSA) is 98.8 Å². The van der Waals surface area contributed by atoms with Crippen molar-refractivity contribution in [3.05, 3.63) is 35.4 Å². The molecule has 3 atom stereocenters. The Morgan fingerprint density at radius 3 is 2.72 bits per heavy atom. The first-order valence-corrected chi connectivity index (χ1v) is 13.0. The van der Waals surface area contributed by atoms with Gasteiger partial charge in [0.05, 0.1) is 28.9 Å². The number of carbonyl (C=O) groups is 1. The van der Waals surface area contributed by atoms with Crippen LogP contribution >= 0.6 is 11.6 Å². The molecule has 3 saturated heterocycles. The van der Waals surface area contributed by atoms with Gasteiger partial charge in [0.2, 0.25) is 0 Å². The number of H-pyrrole nitrogens is 1. The largest absolute Gasteiger partial charge is 0.459 e. The number of hydrogen-bond acceptors (Lipinski definition) is 7. The van der Waals surface area contributed by atoms with Gasteiger partial charge in [0.1, 0.15) is 11.9 Å². The van der Waals surface area contributed by atoms with Gasteiger partial charge in [-0.2, -0.15) is 4.98 Å². The molecule has 36 heavy (non-hydrogen) atoms. The highest BCUT2D eigenvalue weighted by molar-refractivity contribution is 6.33. The molecule has 1 N–H and O–H groups in total. The third-order valence-electron chi connectivity index (χ3n) is 7.19. The van der Waals surface area contributed by atoms with Crippen LogP contribution in [0.3, 0.4) is 0 Å². The van der Waals surface area contributed by atoms with Gasteiger partial charge in [0, 0.05) is 37.8 Å². The Balaban J connectivity index is 1.16. The lowest BCUT2D eigenvalue weighted by Gasteiger charge is -2.25. The van der Waals surface area contributed by atoms with E-state index in [-0.39, 0.29) is 24.2 Å². The molecular formula is C26H29ClN4O5. The minimum absolute atomic E-state index is 0.0765. The molecule has 1 unspecified atom stereocenters. The molecule has 0 spiro atoms. The summed E-state index contributed by atoms with van der Waals surface area (Å²) in [4.78, 5) is 26.6. The summed E-state index contributed by atoms with van der Waals surface area (Å²) in [6, 6.07) is 9.40. The van der Waals surface area contributed by atoms with Crippen molar-refractivity contribution in [2.45, 2.75) is 44.3 Å². The van der Waals surface area contributed by atoms with Gasteiger partial charge in [-0.3, -0.25) is 0 Å². The maximum Gasteiger partial charge on any atom is 0.415 e.